The fourth-order valence-corrected chi connectivity index (χ4v) is 2.56. The Morgan fingerprint density at radius 2 is 1.92 bits per heavy atom. The Morgan fingerprint density at radius 1 is 1.12 bits per heavy atom. The zero-order valence-corrected chi connectivity index (χ0v) is 13.9. The summed E-state index contributed by atoms with van der Waals surface area (Å²) >= 11 is 5.93. The molecule has 24 heavy (non-hydrogen) atoms. The minimum Gasteiger partial charge on any atom is -0.322 e. The van der Waals surface area contributed by atoms with Gasteiger partial charge in [-0.3, -0.25) is 4.79 Å². The molecule has 1 heterocycles. The number of aryl methyl sites for hydroxylation is 1. The Bertz CT molecular complexity index is 865. The molecule has 0 spiro atoms. The molecule has 0 fully saturated rings. The average Bonchev–Trinajstić information content (AvgIpc) is 2.56. The van der Waals surface area contributed by atoms with Crippen molar-refractivity contribution in [3.63, 3.8) is 0 Å². The molecule has 0 aliphatic rings. The number of anilines is 1. The Morgan fingerprint density at radius 3 is 2.62 bits per heavy atom. The van der Waals surface area contributed by atoms with Gasteiger partial charge in [-0.05, 0) is 30.7 Å². The van der Waals surface area contributed by atoms with Crippen LogP contribution in [-0.2, 0) is 6.42 Å². The fourth-order valence-electron chi connectivity index (χ4n) is 2.37. The van der Waals surface area contributed by atoms with E-state index in [9.17, 15) is 4.79 Å². The van der Waals surface area contributed by atoms with Crippen LogP contribution < -0.4 is 5.32 Å². The van der Waals surface area contributed by atoms with E-state index in [0.29, 0.717) is 34.2 Å². The molecule has 0 saturated heterocycles. The molecule has 3 rings (SSSR count). The molecule has 0 bridgehead atoms. The van der Waals surface area contributed by atoms with Gasteiger partial charge in [0.1, 0.15) is 5.82 Å². The highest BCUT2D eigenvalue weighted by Crippen LogP contribution is 2.16. The minimum atomic E-state index is -0.249. The molecular weight excluding hydrogens is 322 g/mol. The van der Waals surface area contributed by atoms with Gasteiger partial charge in [0.25, 0.3) is 5.91 Å². The SMILES string of the molecule is Cc1nc(Cc2ccccc2)ncc1C(=O)Nc1cccc(Cl)c1. The van der Waals surface area contributed by atoms with E-state index in [1.165, 1.54) is 0 Å². The topological polar surface area (TPSA) is 54.9 Å². The number of amides is 1. The van der Waals surface area contributed by atoms with Crippen molar-refractivity contribution in [1.82, 2.24) is 9.97 Å². The summed E-state index contributed by atoms with van der Waals surface area (Å²) in [6.07, 6.45) is 2.21. The summed E-state index contributed by atoms with van der Waals surface area (Å²) in [5.74, 6) is 0.444. The molecule has 2 aromatic carbocycles. The molecule has 120 valence electrons. The molecule has 4 nitrogen and oxygen atoms in total. The van der Waals surface area contributed by atoms with Crippen LogP contribution in [0.4, 0.5) is 5.69 Å². The summed E-state index contributed by atoms with van der Waals surface area (Å²) in [5.41, 5.74) is 2.87. The van der Waals surface area contributed by atoms with Crippen molar-refractivity contribution >= 4 is 23.2 Å². The molecule has 0 radical (unpaired) electrons. The lowest BCUT2D eigenvalue weighted by atomic mass is 10.1. The number of hydrogen-bond acceptors (Lipinski definition) is 3. The highest BCUT2D eigenvalue weighted by atomic mass is 35.5. The van der Waals surface area contributed by atoms with Gasteiger partial charge in [0.15, 0.2) is 0 Å². The van der Waals surface area contributed by atoms with E-state index in [1.807, 2.05) is 37.3 Å². The Balaban J connectivity index is 1.75. The number of nitrogens with one attached hydrogen (secondary N) is 1. The summed E-state index contributed by atoms with van der Waals surface area (Å²) in [6, 6.07) is 17.0. The Labute approximate surface area is 145 Å². The van der Waals surface area contributed by atoms with Crippen LogP contribution in [-0.4, -0.2) is 15.9 Å². The van der Waals surface area contributed by atoms with Crippen molar-refractivity contribution in [1.29, 1.82) is 0 Å². The van der Waals surface area contributed by atoms with Crippen molar-refractivity contribution in [3.8, 4) is 0 Å². The van der Waals surface area contributed by atoms with Crippen LogP contribution in [0.5, 0.6) is 0 Å². The van der Waals surface area contributed by atoms with Crippen LogP contribution in [0.15, 0.2) is 60.8 Å². The average molecular weight is 338 g/mol. The van der Waals surface area contributed by atoms with E-state index < -0.39 is 0 Å². The number of carbonyl (C=O) groups is 1. The van der Waals surface area contributed by atoms with Crippen molar-refractivity contribution in [3.05, 3.63) is 88.5 Å². The van der Waals surface area contributed by atoms with Crippen LogP contribution in [0.25, 0.3) is 0 Å². The summed E-state index contributed by atoms with van der Waals surface area (Å²) < 4.78 is 0. The quantitative estimate of drug-likeness (QED) is 0.773. The van der Waals surface area contributed by atoms with Gasteiger partial charge in [0, 0.05) is 23.3 Å². The van der Waals surface area contributed by atoms with Gasteiger partial charge in [0.05, 0.1) is 11.3 Å². The van der Waals surface area contributed by atoms with Gasteiger partial charge in [-0.15, -0.1) is 0 Å². The first-order valence-electron chi connectivity index (χ1n) is 7.55. The van der Waals surface area contributed by atoms with E-state index in [0.717, 1.165) is 5.56 Å². The zero-order chi connectivity index (χ0) is 16.9. The van der Waals surface area contributed by atoms with Gasteiger partial charge >= 0.3 is 0 Å². The van der Waals surface area contributed by atoms with E-state index >= 15 is 0 Å². The maximum Gasteiger partial charge on any atom is 0.259 e. The number of aromatic nitrogens is 2. The third-order valence-electron chi connectivity index (χ3n) is 3.56. The third-order valence-corrected chi connectivity index (χ3v) is 3.80. The van der Waals surface area contributed by atoms with Gasteiger partial charge < -0.3 is 5.32 Å². The predicted octanol–water partition coefficient (Wildman–Crippen LogP) is 4.28. The second kappa shape index (κ2) is 7.23. The van der Waals surface area contributed by atoms with Crippen molar-refractivity contribution in [2.75, 3.05) is 5.32 Å². The number of nitrogens with zero attached hydrogens (tertiary/aromatic N) is 2. The number of carbonyl (C=O) groups excluding carboxylic acids is 1. The predicted molar refractivity (Wildman–Crippen MR) is 95.4 cm³/mol. The highest BCUT2D eigenvalue weighted by molar-refractivity contribution is 6.30. The number of halogens is 1. The molecule has 5 heteroatoms. The second-order valence-corrected chi connectivity index (χ2v) is 5.85. The normalized spacial score (nSPS) is 10.4. The monoisotopic (exact) mass is 337 g/mol. The molecule has 3 aromatic rings. The first kappa shape index (κ1) is 16.1. The number of benzene rings is 2. The second-order valence-electron chi connectivity index (χ2n) is 5.41. The maximum absolute atomic E-state index is 12.4. The van der Waals surface area contributed by atoms with Gasteiger partial charge in [-0.1, -0.05) is 48.0 Å². The lowest BCUT2D eigenvalue weighted by molar-refractivity contribution is 0.102. The van der Waals surface area contributed by atoms with Crippen molar-refractivity contribution < 1.29 is 4.79 Å². The van der Waals surface area contributed by atoms with Gasteiger partial charge in [0.2, 0.25) is 0 Å². The summed E-state index contributed by atoms with van der Waals surface area (Å²) in [5, 5.41) is 3.37. The lowest BCUT2D eigenvalue weighted by Gasteiger charge is -2.08. The van der Waals surface area contributed by atoms with E-state index in [4.69, 9.17) is 11.6 Å². The Hall–Kier alpha value is -2.72. The Kier molecular flexibility index (Phi) is 4.87. The first-order chi connectivity index (χ1) is 11.6. The van der Waals surface area contributed by atoms with Gasteiger partial charge in [-0.2, -0.15) is 0 Å². The molecule has 0 aliphatic carbocycles. The minimum absolute atomic E-state index is 0.249. The van der Waals surface area contributed by atoms with Crippen LogP contribution in [0.2, 0.25) is 5.02 Å². The third kappa shape index (κ3) is 3.97. The van der Waals surface area contributed by atoms with Crippen LogP contribution >= 0.6 is 11.6 Å². The van der Waals surface area contributed by atoms with Crippen LogP contribution in [0, 0.1) is 6.92 Å². The molecule has 1 N–H and O–H groups in total. The van der Waals surface area contributed by atoms with E-state index in [2.05, 4.69) is 15.3 Å². The van der Waals surface area contributed by atoms with E-state index in [1.54, 1.807) is 30.5 Å². The largest absolute Gasteiger partial charge is 0.322 e. The fraction of sp³-hybridized carbons (Fsp3) is 0.105. The highest BCUT2D eigenvalue weighted by Gasteiger charge is 2.12. The smallest absolute Gasteiger partial charge is 0.259 e. The summed E-state index contributed by atoms with van der Waals surface area (Å²) in [6.45, 7) is 1.81. The summed E-state index contributed by atoms with van der Waals surface area (Å²) in [7, 11) is 0. The molecule has 0 aliphatic heterocycles. The first-order valence-corrected chi connectivity index (χ1v) is 7.93. The van der Waals surface area contributed by atoms with Gasteiger partial charge in [-0.25, -0.2) is 9.97 Å². The zero-order valence-electron chi connectivity index (χ0n) is 13.2. The van der Waals surface area contributed by atoms with Crippen LogP contribution in [0.1, 0.15) is 27.4 Å². The number of hydrogen-bond donors (Lipinski definition) is 1. The lowest BCUT2D eigenvalue weighted by Crippen LogP contribution is -2.15. The van der Waals surface area contributed by atoms with Crippen molar-refractivity contribution in [2.24, 2.45) is 0 Å². The maximum atomic E-state index is 12.4. The van der Waals surface area contributed by atoms with Crippen molar-refractivity contribution in [2.45, 2.75) is 13.3 Å². The van der Waals surface area contributed by atoms with E-state index in [-0.39, 0.29) is 5.91 Å². The molecule has 1 aromatic heterocycles. The van der Waals surface area contributed by atoms with Crippen LogP contribution in [0.3, 0.4) is 0 Å². The molecule has 0 atom stereocenters. The number of rotatable bonds is 4. The molecule has 0 unspecified atom stereocenters. The standard InChI is InChI=1S/C19H16ClN3O/c1-13-17(19(24)23-16-9-5-8-15(20)11-16)12-21-18(22-13)10-14-6-3-2-4-7-14/h2-9,11-12H,10H2,1H3,(H,23,24). The molecule has 0 saturated carbocycles. The molecule has 1 amide bonds. The molecular formula is C19H16ClN3O. The summed E-state index contributed by atoms with van der Waals surface area (Å²) in [4.78, 5) is 21.1.